The van der Waals surface area contributed by atoms with Crippen LogP contribution in [0, 0.1) is 6.92 Å². The SMILES string of the molecule is C=C(C(O)=C1C=CC=C1)c1cc(-c2ccc(C)cc2)on1.[Fe].c1cc[cH-]c1. The van der Waals surface area contributed by atoms with Crippen LogP contribution in [-0.2, 0) is 17.1 Å². The van der Waals surface area contributed by atoms with Crippen LogP contribution in [0.25, 0.3) is 16.9 Å². The Hall–Kier alpha value is -2.94. The van der Waals surface area contributed by atoms with Crippen molar-refractivity contribution in [1.29, 1.82) is 0 Å². The molecule has 1 aliphatic rings. The van der Waals surface area contributed by atoms with Crippen molar-refractivity contribution in [2.75, 3.05) is 0 Å². The van der Waals surface area contributed by atoms with Crippen LogP contribution in [-0.4, -0.2) is 10.3 Å². The topological polar surface area (TPSA) is 46.3 Å². The minimum absolute atomic E-state index is 0. The number of aryl methyl sites for hydroxylation is 1. The smallest absolute Gasteiger partial charge is 0.167 e. The fourth-order valence-electron chi connectivity index (χ4n) is 2.42. The second kappa shape index (κ2) is 9.67. The average Bonchev–Trinajstić information content (AvgIpc) is 3.45. The van der Waals surface area contributed by atoms with Crippen LogP contribution >= 0.6 is 0 Å². The van der Waals surface area contributed by atoms with E-state index in [2.05, 4.69) is 11.7 Å². The van der Waals surface area contributed by atoms with Crippen LogP contribution in [0.3, 0.4) is 0 Å². The van der Waals surface area contributed by atoms with Gasteiger partial charge in [0.2, 0.25) is 0 Å². The fourth-order valence-corrected chi connectivity index (χ4v) is 2.42. The Kier molecular flexibility index (Phi) is 7.30. The summed E-state index contributed by atoms with van der Waals surface area (Å²) in [5, 5.41) is 14.2. The molecule has 1 aliphatic carbocycles. The van der Waals surface area contributed by atoms with E-state index < -0.39 is 0 Å². The zero-order valence-electron chi connectivity index (χ0n) is 14.9. The standard InChI is InChI=1S/C18H15NO2.C5H5.Fe/c1-12-7-9-14(10-8-12)17-11-16(19-21-17)13(2)18(20)15-5-3-4-6-15;1-2-4-5-3-1;/h3-11,20H,2H2,1H3;1-5H;/q;-1;. The number of benzene rings is 1. The molecule has 138 valence electrons. The number of hydrogen-bond acceptors (Lipinski definition) is 3. The number of nitrogens with zero attached hydrogens (tertiary/aromatic N) is 1. The molecule has 0 amide bonds. The van der Waals surface area contributed by atoms with Crippen molar-refractivity contribution in [3.8, 4) is 11.3 Å². The van der Waals surface area contributed by atoms with E-state index in [1.165, 1.54) is 5.56 Å². The summed E-state index contributed by atoms with van der Waals surface area (Å²) in [7, 11) is 0. The van der Waals surface area contributed by atoms with E-state index in [-0.39, 0.29) is 22.8 Å². The third kappa shape index (κ3) is 5.27. The van der Waals surface area contributed by atoms with Gasteiger partial charge in [0.1, 0.15) is 11.5 Å². The average molecular weight is 398 g/mol. The molecular weight excluding hydrogens is 378 g/mol. The first kappa shape index (κ1) is 20.4. The molecule has 0 bridgehead atoms. The molecule has 27 heavy (non-hydrogen) atoms. The van der Waals surface area contributed by atoms with Crippen LogP contribution < -0.4 is 0 Å². The van der Waals surface area contributed by atoms with E-state index in [0.717, 1.165) is 11.1 Å². The summed E-state index contributed by atoms with van der Waals surface area (Å²) in [4.78, 5) is 0. The van der Waals surface area contributed by atoms with E-state index >= 15 is 0 Å². The maximum Gasteiger partial charge on any atom is 0.167 e. The zero-order valence-corrected chi connectivity index (χ0v) is 16.1. The second-order valence-corrected chi connectivity index (χ2v) is 5.91. The number of aliphatic hydroxyl groups excluding tert-OH is 1. The first-order valence-corrected chi connectivity index (χ1v) is 8.33. The van der Waals surface area contributed by atoms with Gasteiger partial charge in [0.05, 0.1) is 0 Å². The molecule has 3 nitrogen and oxygen atoms in total. The first-order chi connectivity index (χ1) is 12.6. The Morgan fingerprint density at radius 3 is 2.26 bits per heavy atom. The Labute approximate surface area is 169 Å². The quantitative estimate of drug-likeness (QED) is 0.334. The summed E-state index contributed by atoms with van der Waals surface area (Å²) >= 11 is 0. The molecule has 0 unspecified atom stereocenters. The molecule has 4 rings (SSSR count). The predicted molar refractivity (Wildman–Crippen MR) is 106 cm³/mol. The van der Waals surface area contributed by atoms with E-state index in [1.54, 1.807) is 6.07 Å². The van der Waals surface area contributed by atoms with Gasteiger partial charge < -0.3 is 9.63 Å². The number of aliphatic hydroxyl groups is 1. The molecule has 0 spiro atoms. The van der Waals surface area contributed by atoms with Crippen molar-refractivity contribution >= 4 is 5.57 Å². The first-order valence-electron chi connectivity index (χ1n) is 8.33. The molecular formula is C23H20FeNO2-. The fraction of sp³-hybridized carbons (Fsp3) is 0.0435. The Bertz CT molecular complexity index is 927. The second-order valence-electron chi connectivity index (χ2n) is 5.91. The van der Waals surface area contributed by atoms with Crippen LogP contribution in [0.2, 0.25) is 0 Å². The van der Waals surface area contributed by atoms with Gasteiger partial charge in [0.15, 0.2) is 5.76 Å². The minimum Gasteiger partial charge on any atom is -0.507 e. The van der Waals surface area contributed by atoms with Gasteiger partial charge in [-0.25, -0.2) is 12.1 Å². The molecule has 2 aromatic carbocycles. The van der Waals surface area contributed by atoms with Crippen molar-refractivity contribution < 1.29 is 26.7 Å². The molecule has 0 saturated carbocycles. The Morgan fingerprint density at radius 2 is 1.70 bits per heavy atom. The summed E-state index contributed by atoms with van der Waals surface area (Å²) in [5.74, 6) is 0.769. The van der Waals surface area contributed by atoms with Crippen LogP contribution in [0.5, 0.6) is 0 Å². The third-order valence-corrected chi connectivity index (χ3v) is 3.93. The van der Waals surface area contributed by atoms with Gasteiger partial charge in [-0.2, -0.15) is 18.2 Å². The summed E-state index contributed by atoms with van der Waals surface area (Å²) in [6.45, 7) is 5.92. The van der Waals surface area contributed by atoms with Crippen molar-refractivity contribution in [1.82, 2.24) is 5.16 Å². The minimum atomic E-state index is 0. The summed E-state index contributed by atoms with van der Waals surface area (Å²) in [6.07, 6.45) is 7.36. The summed E-state index contributed by atoms with van der Waals surface area (Å²) < 4.78 is 5.34. The van der Waals surface area contributed by atoms with E-state index in [1.807, 2.05) is 85.8 Å². The van der Waals surface area contributed by atoms with Crippen molar-refractivity contribution in [2.45, 2.75) is 6.92 Å². The van der Waals surface area contributed by atoms with Gasteiger partial charge in [-0.1, -0.05) is 65.9 Å². The van der Waals surface area contributed by atoms with Gasteiger partial charge in [-0.05, 0) is 6.92 Å². The maximum atomic E-state index is 10.2. The molecule has 0 saturated heterocycles. The van der Waals surface area contributed by atoms with E-state index in [4.69, 9.17) is 4.52 Å². The molecule has 4 heteroatoms. The molecule has 1 N–H and O–H groups in total. The monoisotopic (exact) mass is 398 g/mol. The molecule has 0 aliphatic heterocycles. The molecule has 0 fully saturated rings. The van der Waals surface area contributed by atoms with Crippen LogP contribution in [0.15, 0.2) is 107 Å². The molecule has 1 aromatic heterocycles. The van der Waals surface area contributed by atoms with Crippen LogP contribution in [0.1, 0.15) is 11.3 Å². The van der Waals surface area contributed by atoms with Crippen molar-refractivity contribution in [3.63, 3.8) is 0 Å². The van der Waals surface area contributed by atoms with Gasteiger partial charge in [0, 0.05) is 39.8 Å². The van der Waals surface area contributed by atoms with Gasteiger partial charge in [-0.15, -0.1) is 0 Å². The van der Waals surface area contributed by atoms with Crippen LogP contribution in [0.4, 0.5) is 0 Å². The van der Waals surface area contributed by atoms with Gasteiger partial charge in [-0.3, -0.25) is 0 Å². The molecule has 0 atom stereocenters. The normalized spacial score (nSPS) is 11.5. The number of allylic oxidation sites excluding steroid dienone is 6. The van der Waals surface area contributed by atoms with Gasteiger partial charge in [0.25, 0.3) is 0 Å². The van der Waals surface area contributed by atoms with Gasteiger partial charge >= 0.3 is 0 Å². The largest absolute Gasteiger partial charge is 0.507 e. The predicted octanol–water partition coefficient (Wildman–Crippen LogP) is 6.00. The molecule has 3 aromatic rings. The van der Waals surface area contributed by atoms with E-state index in [0.29, 0.717) is 17.0 Å². The number of hydrogen-bond donors (Lipinski definition) is 1. The van der Waals surface area contributed by atoms with E-state index in [9.17, 15) is 5.11 Å². The third-order valence-electron chi connectivity index (χ3n) is 3.93. The molecule has 0 radical (unpaired) electrons. The maximum absolute atomic E-state index is 10.2. The summed E-state index contributed by atoms with van der Waals surface area (Å²) in [6, 6.07) is 19.8. The Morgan fingerprint density at radius 1 is 1.07 bits per heavy atom. The Balaban J connectivity index is 0.000000379. The molecule has 1 heterocycles. The summed E-state index contributed by atoms with van der Waals surface area (Å²) in [5.41, 5.74) is 3.83. The zero-order chi connectivity index (χ0) is 18.4. The van der Waals surface area contributed by atoms with Crippen molar-refractivity contribution in [2.24, 2.45) is 0 Å². The number of rotatable bonds is 3. The number of aromatic nitrogens is 1. The van der Waals surface area contributed by atoms with Crippen molar-refractivity contribution in [3.05, 3.63) is 114 Å².